The summed E-state index contributed by atoms with van der Waals surface area (Å²) < 4.78 is 0. The van der Waals surface area contributed by atoms with Gasteiger partial charge in [-0.1, -0.05) is 98.3 Å². The van der Waals surface area contributed by atoms with Crippen LogP contribution in [0, 0.1) is 10.8 Å². The summed E-state index contributed by atoms with van der Waals surface area (Å²) in [6, 6.07) is 0. The van der Waals surface area contributed by atoms with Crippen LogP contribution in [0.1, 0.15) is 118 Å². The normalized spacial score (nSPS) is 22.8. The number of rotatable bonds is 3. The Morgan fingerprint density at radius 2 is 1.10 bits per heavy atom. The Hall–Kier alpha value is 0. The molecule has 0 radical (unpaired) electrons. The molecule has 0 aromatic rings. The van der Waals surface area contributed by atoms with Crippen LogP contribution in [0.5, 0.6) is 0 Å². The summed E-state index contributed by atoms with van der Waals surface area (Å²) in [5.41, 5.74) is 1.09. The lowest BCUT2D eigenvalue weighted by atomic mass is 9.59. The van der Waals surface area contributed by atoms with Crippen molar-refractivity contribution in [1.82, 2.24) is 0 Å². The van der Waals surface area contributed by atoms with Gasteiger partial charge in [0.2, 0.25) is 0 Å². The molecule has 0 heteroatoms. The fourth-order valence-electron chi connectivity index (χ4n) is 4.18. The molecular formula is C20H40. The number of hydrogen-bond acceptors (Lipinski definition) is 0. The molecule has 0 saturated heterocycles. The molecule has 0 bridgehead atoms. The maximum Gasteiger partial charge on any atom is -0.0249 e. The van der Waals surface area contributed by atoms with Crippen LogP contribution in [0.3, 0.4) is 0 Å². The predicted octanol–water partition coefficient (Wildman–Crippen LogP) is 7.51. The van der Waals surface area contributed by atoms with Gasteiger partial charge in [-0.05, 0) is 30.1 Å². The lowest BCUT2D eigenvalue weighted by Crippen LogP contribution is -2.36. The van der Waals surface area contributed by atoms with Gasteiger partial charge in [0, 0.05) is 0 Å². The van der Waals surface area contributed by atoms with Gasteiger partial charge in [-0.3, -0.25) is 0 Å². The summed E-state index contributed by atoms with van der Waals surface area (Å²) in [6.45, 7) is 9.88. The van der Waals surface area contributed by atoms with E-state index in [0.717, 1.165) is 0 Å². The molecule has 120 valence electrons. The van der Waals surface area contributed by atoms with Gasteiger partial charge in [-0.25, -0.2) is 0 Å². The van der Waals surface area contributed by atoms with Crippen LogP contribution >= 0.6 is 0 Å². The highest BCUT2D eigenvalue weighted by molar-refractivity contribution is 4.90. The van der Waals surface area contributed by atoms with Crippen LogP contribution in [-0.4, -0.2) is 0 Å². The van der Waals surface area contributed by atoms with E-state index in [9.17, 15) is 0 Å². The maximum atomic E-state index is 2.51. The smallest absolute Gasteiger partial charge is 0.0249 e. The molecule has 0 heterocycles. The van der Waals surface area contributed by atoms with Gasteiger partial charge in [-0.2, -0.15) is 0 Å². The van der Waals surface area contributed by atoms with E-state index in [1.54, 1.807) is 0 Å². The van der Waals surface area contributed by atoms with Gasteiger partial charge >= 0.3 is 0 Å². The zero-order chi connectivity index (χ0) is 14.9. The standard InChI is InChI=1S/C20H40/c1-5-6-16-20(19(2,3)4)17-14-12-10-8-7-9-11-13-15-18-20/h5-18H2,1-4H3. The third-order valence-electron chi connectivity index (χ3n) is 5.91. The second-order valence-corrected chi connectivity index (χ2v) is 8.32. The molecule has 0 aromatic heterocycles. The Balaban J connectivity index is 2.71. The van der Waals surface area contributed by atoms with Crippen LogP contribution < -0.4 is 0 Å². The Kier molecular flexibility index (Phi) is 8.22. The first kappa shape index (κ1) is 18.1. The van der Waals surface area contributed by atoms with E-state index in [1.165, 1.54) is 89.9 Å². The summed E-state index contributed by atoms with van der Waals surface area (Å²) in [5, 5.41) is 0. The van der Waals surface area contributed by atoms with Crippen LogP contribution in [0.4, 0.5) is 0 Å². The van der Waals surface area contributed by atoms with Gasteiger partial charge in [0.1, 0.15) is 0 Å². The zero-order valence-corrected chi connectivity index (χ0v) is 14.9. The van der Waals surface area contributed by atoms with E-state index in [-0.39, 0.29) is 0 Å². The van der Waals surface area contributed by atoms with Gasteiger partial charge < -0.3 is 0 Å². The van der Waals surface area contributed by atoms with Crippen molar-refractivity contribution in [2.45, 2.75) is 118 Å². The molecule has 1 aliphatic carbocycles. The predicted molar refractivity (Wildman–Crippen MR) is 92.2 cm³/mol. The van der Waals surface area contributed by atoms with Crippen molar-refractivity contribution in [2.75, 3.05) is 0 Å². The minimum Gasteiger partial charge on any atom is -0.0654 e. The average molecular weight is 281 g/mol. The van der Waals surface area contributed by atoms with E-state index in [4.69, 9.17) is 0 Å². The molecule has 0 amide bonds. The largest absolute Gasteiger partial charge is 0.0654 e. The van der Waals surface area contributed by atoms with Crippen LogP contribution in [0.2, 0.25) is 0 Å². The van der Waals surface area contributed by atoms with Crippen molar-refractivity contribution < 1.29 is 0 Å². The summed E-state index contributed by atoms with van der Waals surface area (Å²) in [4.78, 5) is 0. The fraction of sp³-hybridized carbons (Fsp3) is 1.00. The molecule has 0 nitrogen and oxygen atoms in total. The molecule has 20 heavy (non-hydrogen) atoms. The molecule has 0 spiro atoms. The van der Waals surface area contributed by atoms with E-state index in [0.29, 0.717) is 10.8 Å². The average Bonchev–Trinajstić information content (AvgIpc) is 2.37. The Labute approximate surface area is 129 Å². The number of unbranched alkanes of at least 4 members (excludes halogenated alkanes) is 1. The molecule has 0 aromatic carbocycles. The molecule has 0 unspecified atom stereocenters. The molecular weight excluding hydrogens is 240 g/mol. The summed E-state index contributed by atoms with van der Waals surface area (Å²) >= 11 is 0. The Morgan fingerprint density at radius 1 is 0.700 bits per heavy atom. The summed E-state index contributed by atoms with van der Waals surface area (Å²) in [5.74, 6) is 0. The Bertz CT molecular complexity index is 221. The summed E-state index contributed by atoms with van der Waals surface area (Å²) in [6.07, 6.45) is 20.5. The minimum atomic E-state index is 0.478. The fourth-order valence-corrected chi connectivity index (χ4v) is 4.18. The zero-order valence-electron chi connectivity index (χ0n) is 14.9. The lowest BCUT2D eigenvalue weighted by molar-refractivity contribution is 0.0429. The molecule has 1 rings (SSSR count). The van der Waals surface area contributed by atoms with Gasteiger partial charge in [0.05, 0.1) is 0 Å². The SMILES string of the molecule is CCCCC1(C(C)(C)C)CCCCCCCCCCC1. The van der Waals surface area contributed by atoms with Gasteiger partial charge in [0.15, 0.2) is 0 Å². The maximum absolute atomic E-state index is 2.51. The minimum absolute atomic E-state index is 0.478. The van der Waals surface area contributed by atoms with Crippen molar-refractivity contribution in [3.8, 4) is 0 Å². The van der Waals surface area contributed by atoms with Crippen molar-refractivity contribution in [1.29, 1.82) is 0 Å². The Morgan fingerprint density at radius 3 is 1.45 bits per heavy atom. The highest BCUT2D eigenvalue weighted by atomic mass is 14.4. The van der Waals surface area contributed by atoms with Crippen molar-refractivity contribution in [3.05, 3.63) is 0 Å². The van der Waals surface area contributed by atoms with E-state index in [1.807, 2.05) is 0 Å². The quantitative estimate of drug-likeness (QED) is 0.501. The molecule has 1 fully saturated rings. The van der Waals surface area contributed by atoms with Crippen molar-refractivity contribution in [2.24, 2.45) is 10.8 Å². The monoisotopic (exact) mass is 280 g/mol. The second kappa shape index (κ2) is 9.11. The third-order valence-corrected chi connectivity index (χ3v) is 5.91. The van der Waals surface area contributed by atoms with Crippen LogP contribution in [0.15, 0.2) is 0 Å². The highest BCUT2D eigenvalue weighted by Gasteiger charge is 2.39. The topological polar surface area (TPSA) is 0 Å². The molecule has 0 aliphatic heterocycles. The molecule has 0 atom stereocenters. The van der Waals surface area contributed by atoms with E-state index < -0.39 is 0 Å². The first-order chi connectivity index (χ1) is 9.52. The number of hydrogen-bond donors (Lipinski definition) is 0. The lowest BCUT2D eigenvalue weighted by Gasteiger charge is -2.46. The van der Waals surface area contributed by atoms with Crippen molar-refractivity contribution in [3.63, 3.8) is 0 Å². The first-order valence-corrected chi connectivity index (χ1v) is 9.52. The molecule has 1 saturated carbocycles. The molecule has 1 aliphatic rings. The van der Waals surface area contributed by atoms with Gasteiger partial charge in [0.25, 0.3) is 0 Å². The third kappa shape index (κ3) is 5.78. The first-order valence-electron chi connectivity index (χ1n) is 9.52. The molecule has 0 N–H and O–H groups in total. The van der Waals surface area contributed by atoms with E-state index >= 15 is 0 Å². The summed E-state index contributed by atoms with van der Waals surface area (Å²) in [7, 11) is 0. The van der Waals surface area contributed by atoms with Crippen LogP contribution in [-0.2, 0) is 0 Å². The highest BCUT2D eigenvalue weighted by Crippen LogP contribution is 2.50. The second-order valence-electron chi connectivity index (χ2n) is 8.32. The van der Waals surface area contributed by atoms with Gasteiger partial charge in [-0.15, -0.1) is 0 Å². The van der Waals surface area contributed by atoms with Crippen LogP contribution in [0.25, 0.3) is 0 Å². The van der Waals surface area contributed by atoms with E-state index in [2.05, 4.69) is 27.7 Å². The van der Waals surface area contributed by atoms with Crippen molar-refractivity contribution >= 4 is 0 Å².